The third kappa shape index (κ3) is 2.24. The molecular weight excluding hydrogens is 255 g/mol. The van der Waals surface area contributed by atoms with E-state index in [0.717, 1.165) is 19.3 Å². The molecule has 3 rings (SSSR count). The first-order valence-corrected chi connectivity index (χ1v) is 7.35. The zero-order valence-electron chi connectivity index (χ0n) is 12.0. The molecule has 1 saturated carbocycles. The maximum absolute atomic E-state index is 13.7. The Bertz CT molecular complexity index is 614. The lowest BCUT2D eigenvalue weighted by atomic mass is 9.66. The van der Waals surface area contributed by atoms with Gasteiger partial charge < -0.3 is 9.52 Å². The third-order valence-corrected chi connectivity index (χ3v) is 4.78. The van der Waals surface area contributed by atoms with Crippen LogP contribution >= 0.6 is 0 Å². The van der Waals surface area contributed by atoms with Gasteiger partial charge in [0.05, 0.1) is 0 Å². The van der Waals surface area contributed by atoms with Gasteiger partial charge in [-0.1, -0.05) is 38.8 Å². The van der Waals surface area contributed by atoms with Gasteiger partial charge in [-0.3, -0.25) is 0 Å². The molecule has 1 aliphatic carbocycles. The van der Waals surface area contributed by atoms with E-state index in [4.69, 9.17) is 4.42 Å². The lowest BCUT2D eigenvalue weighted by Crippen LogP contribution is -2.32. The molecule has 0 saturated heterocycles. The number of hydrogen-bond donors (Lipinski definition) is 1. The van der Waals surface area contributed by atoms with Crippen molar-refractivity contribution in [1.29, 1.82) is 0 Å². The highest BCUT2D eigenvalue weighted by molar-refractivity contribution is 5.78. The molecule has 2 nitrogen and oxygen atoms in total. The summed E-state index contributed by atoms with van der Waals surface area (Å²) in [6.45, 7) is 4.40. The molecular formula is C17H21FO2. The Kier molecular flexibility index (Phi) is 3.33. The highest BCUT2D eigenvalue weighted by Gasteiger charge is 2.38. The van der Waals surface area contributed by atoms with Gasteiger partial charge in [0, 0.05) is 5.39 Å². The van der Waals surface area contributed by atoms with E-state index in [1.54, 1.807) is 12.1 Å². The molecule has 0 amide bonds. The van der Waals surface area contributed by atoms with Crippen molar-refractivity contribution in [2.45, 2.75) is 45.6 Å². The topological polar surface area (TPSA) is 33.4 Å². The lowest BCUT2D eigenvalue weighted by molar-refractivity contribution is -0.00726. The molecule has 1 fully saturated rings. The minimum atomic E-state index is -0.655. The van der Waals surface area contributed by atoms with E-state index in [-0.39, 0.29) is 22.7 Å². The molecule has 2 atom stereocenters. The van der Waals surface area contributed by atoms with Gasteiger partial charge >= 0.3 is 0 Å². The summed E-state index contributed by atoms with van der Waals surface area (Å²) in [5, 5.41) is 11.4. The van der Waals surface area contributed by atoms with Crippen LogP contribution in [0.25, 0.3) is 11.0 Å². The van der Waals surface area contributed by atoms with Crippen molar-refractivity contribution in [3.63, 3.8) is 0 Å². The van der Waals surface area contributed by atoms with Gasteiger partial charge in [0.25, 0.3) is 0 Å². The van der Waals surface area contributed by atoms with Crippen LogP contribution in [0.2, 0.25) is 0 Å². The minimum Gasteiger partial charge on any atom is -0.455 e. The molecule has 0 radical (unpaired) electrons. The zero-order chi connectivity index (χ0) is 14.3. The molecule has 20 heavy (non-hydrogen) atoms. The zero-order valence-corrected chi connectivity index (χ0v) is 12.0. The van der Waals surface area contributed by atoms with Gasteiger partial charge in [-0.25, -0.2) is 4.39 Å². The summed E-state index contributed by atoms with van der Waals surface area (Å²) in [6, 6.07) is 6.62. The van der Waals surface area contributed by atoms with Crippen molar-refractivity contribution in [2.75, 3.05) is 0 Å². The summed E-state index contributed by atoms with van der Waals surface area (Å²) in [4.78, 5) is 0. The molecule has 1 aromatic heterocycles. The summed E-state index contributed by atoms with van der Waals surface area (Å²) < 4.78 is 19.3. The number of furan rings is 1. The quantitative estimate of drug-likeness (QED) is 0.853. The maximum Gasteiger partial charge on any atom is 0.170 e. The number of fused-ring (bicyclic) bond motifs is 1. The second-order valence-electron chi connectivity index (χ2n) is 6.59. The summed E-state index contributed by atoms with van der Waals surface area (Å²) in [7, 11) is 0. The SMILES string of the molecule is CC1(C)CCCCC1C(O)c1cc2cccc(F)c2o1. The molecule has 1 heterocycles. The van der Waals surface area contributed by atoms with Crippen LogP contribution in [0.3, 0.4) is 0 Å². The minimum absolute atomic E-state index is 0.0924. The largest absolute Gasteiger partial charge is 0.455 e. The first-order chi connectivity index (χ1) is 9.49. The Morgan fingerprint density at radius 2 is 2.15 bits per heavy atom. The van der Waals surface area contributed by atoms with E-state index in [1.807, 2.05) is 6.07 Å². The number of rotatable bonds is 2. The van der Waals surface area contributed by atoms with Gasteiger partial charge in [0.1, 0.15) is 11.9 Å². The number of hydrogen-bond acceptors (Lipinski definition) is 2. The van der Waals surface area contributed by atoms with Crippen LogP contribution in [-0.2, 0) is 0 Å². The molecule has 1 N–H and O–H groups in total. The number of halogens is 1. The summed E-state index contributed by atoms with van der Waals surface area (Å²) >= 11 is 0. The highest BCUT2D eigenvalue weighted by Crippen LogP contribution is 2.47. The van der Waals surface area contributed by atoms with Gasteiger partial charge in [-0.15, -0.1) is 0 Å². The molecule has 2 unspecified atom stereocenters. The Hall–Kier alpha value is -1.35. The van der Waals surface area contributed by atoms with Crippen LogP contribution in [0, 0.1) is 17.2 Å². The summed E-state index contributed by atoms with van der Waals surface area (Å²) in [5.74, 6) is 0.286. The van der Waals surface area contributed by atoms with Gasteiger partial charge in [-0.2, -0.15) is 0 Å². The fourth-order valence-corrected chi connectivity index (χ4v) is 3.50. The Morgan fingerprint density at radius 1 is 1.35 bits per heavy atom. The fraction of sp³-hybridized carbons (Fsp3) is 0.529. The average Bonchev–Trinajstić information content (AvgIpc) is 2.83. The van der Waals surface area contributed by atoms with Crippen molar-refractivity contribution < 1.29 is 13.9 Å². The predicted octanol–water partition coefficient (Wildman–Crippen LogP) is 4.82. The van der Waals surface area contributed by atoms with E-state index in [1.165, 1.54) is 12.5 Å². The van der Waals surface area contributed by atoms with Crippen LogP contribution < -0.4 is 0 Å². The Labute approximate surface area is 118 Å². The van der Waals surface area contributed by atoms with Gasteiger partial charge in [0.15, 0.2) is 11.4 Å². The first-order valence-electron chi connectivity index (χ1n) is 7.35. The van der Waals surface area contributed by atoms with E-state index in [9.17, 15) is 9.50 Å². The molecule has 0 aliphatic heterocycles. The first kappa shape index (κ1) is 13.6. The maximum atomic E-state index is 13.7. The van der Waals surface area contributed by atoms with Crippen LogP contribution in [0.15, 0.2) is 28.7 Å². The van der Waals surface area contributed by atoms with Crippen LogP contribution in [0.5, 0.6) is 0 Å². The number of para-hydroxylation sites is 1. The smallest absolute Gasteiger partial charge is 0.170 e. The average molecular weight is 276 g/mol. The molecule has 2 aromatic rings. The second kappa shape index (κ2) is 4.88. The van der Waals surface area contributed by atoms with E-state index in [0.29, 0.717) is 11.1 Å². The van der Waals surface area contributed by atoms with Crippen LogP contribution in [0.1, 0.15) is 51.4 Å². The van der Waals surface area contributed by atoms with Crippen molar-refractivity contribution in [3.8, 4) is 0 Å². The van der Waals surface area contributed by atoms with Crippen molar-refractivity contribution in [2.24, 2.45) is 11.3 Å². The van der Waals surface area contributed by atoms with Gasteiger partial charge in [-0.05, 0) is 36.3 Å². The van der Waals surface area contributed by atoms with E-state index < -0.39 is 6.10 Å². The molecule has 3 heteroatoms. The van der Waals surface area contributed by atoms with Gasteiger partial charge in [0.2, 0.25) is 0 Å². The molecule has 1 aliphatic rings. The molecule has 0 spiro atoms. The number of benzene rings is 1. The summed E-state index contributed by atoms with van der Waals surface area (Å²) in [5.41, 5.74) is 0.338. The van der Waals surface area contributed by atoms with Crippen LogP contribution in [-0.4, -0.2) is 5.11 Å². The Morgan fingerprint density at radius 3 is 2.85 bits per heavy atom. The standard InChI is InChI=1S/C17H21FO2/c1-17(2)9-4-3-7-12(17)15(19)14-10-11-6-5-8-13(18)16(11)20-14/h5-6,8,10,12,15,19H,3-4,7,9H2,1-2H3. The number of aliphatic hydroxyl groups excluding tert-OH is 1. The second-order valence-corrected chi connectivity index (χ2v) is 6.59. The monoisotopic (exact) mass is 276 g/mol. The van der Waals surface area contributed by atoms with Crippen molar-refractivity contribution in [3.05, 3.63) is 35.8 Å². The predicted molar refractivity (Wildman–Crippen MR) is 76.9 cm³/mol. The molecule has 108 valence electrons. The van der Waals surface area contributed by atoms with E-state index in [2.05, 4.69) is 13.8 Å². The van der Waals surface area contributed by atoms with Crippen LogP contribution in [0.4, 0.5) is 4.39 Å². The fourth-order valence-electron chi connectivity index (χ4n) is 3.50. The Balaban J connectivity index is 1.95. The molecule has 0 bridgehead atoms. The van der Waals surface area contributed by atoms with E-state index >= 15 is 0 Å². The molecule has 1 aromatic carbocycles. The number of aliphatic hydroxyl groups is 1. The lowest BCUT2D eigenvalue weighted by Gasteiger charge is -2.40. The normalized spacial score (nSPS) is 23.9. The third-order valence-electron chi connectivity index (χ3n) is 4.78. The van der Waals surface area contributed by atoms with Crippen molar-refractivity contribution in [1.82, 2.24) is 0 Å². The van der Waals surface area contributed by atoms with Crippen molar-refractivity contribution >= 4 is 11.0 Å². The summed E-state index contributed by atoms with van der Waals surface area (Å²) in [6.07, 6.45) is 3.80. The highest BCUT2D eigenvalue weighted by atomic mass is 19.1.